The Morgan fingerprint density at radius 2 is 1.68 bits per heavy atom. The molecule has 0 aliphatic carbocycles. The smallest absolute Gasteiger partial charge is 0.241 e. The Balaban J connectivity index is 2.27. The van der Waals surface area contributed by atoms with Crippen LogP contribution in [0.4, 0.5) is 0 Å². The molecule has 2 N–H and O–H groups in total. The molecular weight excluding hydrogens is 432 g/mol. The van der Waals surface area contributed by atoms with Crippen molar-refractivity contribution in [1.29, 1.82) is 0 Å². The van der Waals surface area contributed by atoms with Crippen LogP contribution in [0.25, 0.3) is 0 Å². The number of sulfonamides is 1. The first-order chi connectivity index (χ1) is 9.90. The van der Waals surface area contributed by atoms with Crippen LogP contribution in [-0.4, -0.2) is 25.5 Å². The van der Waals surface area contributed by atoms with Gasteiger partial charge in [-0.25, -0.2) is 13.1 Å². The molecule has 0 unspecified atom stereocenters. The van der Waals surface area contributed by atoms with Crippen molar-refractivity contribution in [3.05, 3.63) is 27.1 Å². The van der Waals surface area contributed by atoms with Gasteiger partial charge in [-0.15, -0.1) is 0 Å². The number of halogens is 2. The highest BCUT2D eigenvalue weighted by atomic mass is 79.9. The zero-order valence-corrected chi connectivity index (χ0v) is 17.2. The molecule has 1 heterocycles. The molecular formula is C15H22Br2N2O2S. The van der Waals surface area contributed by atoms with E-state index in [1.54, 1.807) is 18.2 Å². The highest BCUT2D eigenvalue weighted by Crippen LogP contribution is 2.31. The van der Waals surface area contributed by atoms with Gasteiger partial charge in [-0.3, -0.25) is 0 Å². The van der Waals surface area contributed by atoms with Crippen molar-refractivity contribution in [2.75, 3.05) is 0 Å². The lowest BCUT2D eigenvalue weighted by atomic mass is 9.80. The Morgan fingerprint density at radius 1 is 1.14 bits per heavy atom. The molecule has 22 heavy (non-hydrogen) atoms. The van der Waals surface area contributed by atoms with Gasteiger partial charge in [0.2, 0.25) is 10.0 Å². The number of nitrogens with one attached hydrogen (secondary N) is 2. The minimum atomic E-state index is -3.57. The fourth-order valence-corrected chi connectivity index (χ4v) is 6.11. The van der Waals surface area contributed by atoms with E-state index in [0.29, 0.717) is 4.47 Å². The predicted octanol–water partition coefficient (Wildman–Crippen LogP) is 3.80. The second kappa shape index (κ2) is 6.16. The molecule has 0 spiro atoms. The molecule has 2 rings (SSSR count). The third-order valence-electron chi connectivity index (χ3n) is 3.69. The summed E-state index contributed by atoms with van der Waals surface area (Å²) in [7, 11) is -3.57. The summed E-state index contributed by atoms with van der Waals surface area (Å²) in [5.41, 5.74) is -0.215. The Hall–Kier alpha value is 0.0500. The molecule has 1 fully saturated rings. The standard InChI is InChI=1S/C15H22Br2N2O2S/c1-14(2)8-11(9-15(3,4)19-14)18-22(20,21)13-7-10(16)5-6-12(13)17/h5-7,11,18-19H,8-9H2,1-4H3. The highest BCUT2D eigenvalue weighted by Gasteiger charge is 2.39. The van der Waals surface area contributed by atoms with Crippen LogP contribution in [-0.2, 0) is 10.0 Å². The fraction of sp³-hybridized carbons (Fsp3) is 0.600. The van der Waals surface area contributed by atoms with E-state index in [-0.39, 0.29) is 22.0 Å². The molecule has 4 nitrogen and oxygen atoms in total. The van der Waals surface area contributed by atoms with Gasteiger partial charge in [0.25, 0.3) is 0 Å². The van der Waals surface area contributed by atoms with Gasteiger partial charge in [-0.05, 0) is 74.7 Å². The van der Waals surface area contributed by atoms with Crippen molar-refractivity contribution < 1.29 is 8.42 Å². The first-order valence-electron chi connectivity index (χ1n) is 7.17. The fourth-order valence-electron chi connectivity index (χ4n) is 3.37. The molecule has 0 atom stereocenters. The minimum absolute atomic E-state index is 0.0952. The summed E-state index contributed by atoms with van der Waals surface area (Å²) >= 11 is 6.65. The average Bonchev–Trinajstić information content (AvgIpc) is 2.27. The SMILES string of the molecule is CC1(C)CC(NS(=O)(=O)c2cc(Br)ccc2Br)CC(C)(C)N1. The Kier molecular flexibility index (Phi) is 5.15. The molecule has 0 amide bonds. The third-order valence-corrected chi connectivity index (χ3v) is 6.70. The van der Waals surface area contributed by atoms with Crippen LogP contribution >= 0.6 is 31.9 Å². The van der Waals surface area contributed by atoms with Gasteiger partial charge in [0.15, 0.2) is 0 Å². The number of hydrogen-bond donors (Lipinski definition) is 2. The molecule has 7 heteroatoms. The van der Waals surface area contributed by atoms with E-state index in [4.69, 9.17) is 0 Å². The number of benzene rings is 1. The van der Waals surface area contributed by atoms with Gasteiger partial charge >= 0.3 is 0 Å². The van der Waals surface area contributed by atoms with E-state index in [0.717, 1.165) is 17.3 Å². The van der Waals surface area contributed by atoms with Gasteiger partial charge in [0.1, 0.15) is 0 Å². The number of piperidine rings is 1. The zero-order chi connectivity index (χ0) is 16.8. The van der Waals surface area contributed by atoms with E-state index in [1.165, 1.54) is 0 Å². The van der Waals surface area contributed by atoms with E-state index >= 15 is 0 Å². The van der Waals surface area contributed by atoms with Crippen molar-refractivity contribution in [3.63, 3.8) is 0 Å². The molecule has 124 valence electrons. The van der Waals surface area contributed by atoms with E-state index in [9.17, 15) is 8.42 Å². The van der Waals surface area contributed by atoms with Crippen molar-refractivity contribution in [2.24, 2.45) is 0 Å². The zero-order valence-electron chi connectivity index (χ0n) is 13.2. The summed E-state index contributed by atoms with van der Waals surface area (Å²) in [5.74, 6) is 0. The van der Waals surface area contributed by atoms with E-state index < -0.39 is 10.0 Å². The molecule has 0 bridgehead atoms. The van der Waals surface area contributed by atoms with Gasteiger partial charge in [0.05, 0.1) is 4.90 Å². The van der Waals surface area contributed by atoms with Gasteiger partial charge in [0, 0.05) is 26.1 Å². The lowest BCUT2D eigenvalue weighted by Crippen LogP contribution is -2.62. The lowest BCUT2D eigenvalue weighted by Gasteiger charge is -2.46. The maximum absolute atomic E-state index is 12.7. The summed E-state index contributed by atoms with van der Waals surface area (Å²) < 4.78 is 29.6. The lowest BCUT2D eigenvalue weighted by molar-refractivity contribution is 0.157. The molecule has 1 aromatic carbocycles. The summed E-state index contributed by atoms with van der Waals surface area (Å²) in [6.07, 6.45) is 1.50. The molecule has 1 aliphatic rings. The largest absolute Gasteiger partial charge is 0.307 e. The average molecular weight is 454 g/mol. The molecule has 1 aromatic rings. The van der Waals surface area contributed by atoms with Crippen molar-refractivity contribution in [2.45, 2.75) is 62.6 Å². The van der Waals surface area contributed by atoms with Crippen molar-refractivity contribution in [3.8, 4) is 0 Å². The van der Waals surface area contributed by atoms with Crippen LogP contribution in [0.3, 0.4) is 0 Å². The van der Waals surface area contributed by atoms with Crippen LogP contribution in [0, 0.1) is 0 Å². The molecule has 1 saturated heterocycles. The quantitative estimate of drug-likeness (QED) is 0.731. The van der Waals surface area contributed by atoms with Crippen LogP contribution < -0.4 is 10.0 Å². The molecule has 1 aliphatic heterocycles. The summed E-state index contributed by atoms with van der Waals surface area (Å²) in [6.45, 7) is 8.41. The van der Waals surface area contributed by atoms with E-state index in [1.807, 2.05) is 0 Å². The first-order valence-corrected chi connectivity index (χ1v) is 10.2. The molecule has 0 aromatic heterocycles. The predicted molar refractivity (Wildman–Crippen MR) is 96.5 cm³/mol. The van der Waals surface area contributed by atoms with Crippen LogP contribution in [0.2, 0.25) is 0 Å². The Labute approximate surface area is 149 Å². The first kappa shape index (κ1) is 18.4. The maximum atomic E-state index is 12.7. The van der Waals surface area contributed by atoms with Crippen LogP contribution in [0.1, 0.15) is 40.5 Å². The van der Waals surface area contributed by atoms with Gasteiger partial charge in [-0.2, -0.15) is 0 Å². The normalized spacial score (nSPS) is 21.7. The van der Waals surface area contributed by atoms with Gasteiger partial charge < -0.3 is 5.32 Å². The Bertz CT molecular complexity index is 656. The molecule has 0 radical (unpaired) electrons. The van der Waals surface area contributed by atoms with E-state index in [2.05, 4.69) is 69.6 Å². The Morgan fingerprint density at radius 3 is 2.23 bits per heavy atom. The second-order valence-corrected chi connectivity index (χ2v) is 10.6. The summed E-state index contributed by atoms with van der Waals surface area (Å²) in [5, 5.41) is 3.56. The van der Waals surface area contributed by atoms with Gasteiger partial charge in [-0.1, -0.05) is 15.9 Å². The monoisotopic (exact) mass is 452 g/mol. The highest BCUT2D eigenvalue weighted by molar-refractivity contribution is 9.11. The third kappa shape index (κ3) is 4.54. The van der Waals surface area contributed by atoms with Crippen molar-refractivity contribution in [1.82, 2.24) is 10.0 Å². The molecule has 0 saturated carbocycles. The number of hydrogen-bond acceptors (Lipinski definition) is 3. The van der Waals surface area contributed by atoms with Crippen molar-refractivity contribution >= 4 is 41.9 Å². The maximum Gasteiger partial charge on any atom is 0.241 e. The van der Waals surface area contributed by atoms with Crippen LogP contribution in [0.15, 0.2) is 32.0 Å². The number of rotatable bonds is 3. The second-order valence-electron chi connectivity index (χ2n) is 7.19. The van der Waals surface area contributed by atoms with Crippen LogP contribution in [0.5, 0.6) is 0 Å². The summed E-state index contributed by atoms with van der Waals surface area (Å²) in [6, 6.07) is 5.06. The summed E-state index contributed by atoms with van der Waals surface area (Å²) in [4.78, 5) is 0.260. The minimum Gasteiger partial charge on any atom is -0.307 e. The topological polar surface area (TPSA) is 58.2 Å².